The summed E-state index contributed by atoms with van der Waals surface area (Å²) in [6.07, 6.45) is 1.80. The molecule has 1 aliphatic rings. The van der Waals surface area contributed by atoms with Crippen LogP contribution in [-0.4, -0.2) is 31.9 Å². The van der Waals surface area contributed by atoms with E-state index in [1.54, 1.807) is 29.6 Å². The largest absolute Gasteiger partial charge is 0.316 e. The molecule has 0 bridgehead atoms. The van der Waals surface area contributed by atoms with E-state index >= 15 is 0 Å². The van der Waals surface area contributed by atoms with Crippen LogP contribution >= 0.6 is 11.6 Å². The zero-order valence-electron chi connectivity index (χ0n) is 12.1. The zero-order valence-corrected chi connectivity index (χ0v) is 13.7. The minimum absolute atomic E-state index is 0.318. The Balaban J connectivity index is 2.42. The predicted molar refractivity (Wildman–Crippen MR) is 81.4 cm³/mol. The van der Waals surface area contributed by atoms with Gasteiger partial charge in [-0.25, -0.2) is 8.42 Å². The topological polar surface area (TPSA) is 49.4 Å². The fraction of sp³-hybridized carbons (Fsp3) is 0.571. The minimum atomic E-state index is -3.46. The molecule has 0 radical (unpaired) electrons. The van der Waals surface area contributed by atoms with Crippen LogP contribution < -0.4 is 5.32 Å². The van der Waals surface area contributed by atoms with Crippen molar-refractivity contribution in [1.29, 1.82) is 0 Å². The molecule has 1 saturated heterocycles. The van der Waals surface area contributed by atoms with E-state index in [1.807, 2.05) is 13.8 Å². The van der Waals surface area contributed by atoms with Gasteiger partial charge in [-0.05, 0) is 57.5 Å². The number of rotatable bonds is 4. The van der Waals surface area contributed by atoms with Gasteiger partial charge in [0.1, 0.15) is 0 Å². The molecule has 4 nitrogen and oxygen atoms in total. The monoisotopic (exact) mass is 316 g/mol. The molecule has 1 N–H and O–H groups in total. The molecule has 1 aliphatic heterocycles. The third-order valence-electron chi connectivity index (χ3n) is 3.80. The van der Waals surface area contributed by atoms with Gasteiger partial charge in [0.05, 0.1) is 4.90 Å². The summed E-state index contributed by atoms with van der Waals surface area (Å²) in [6.45, 7) is 5.08. The number of hydrogen-bond donors (Lipinski definition) is 1. The third-order valence-corrected chi connectivity index (χ3v) is 6.27. The second-order valence-electron chi connectivity index (χ2n) is 5.78. The van der Waals surface area contributed by atoms with Gasteiger partial charge in [0, 0.05) is 23.7 Å². The van der Waals surface area contributed by atoms with Crippen LogP contribution in [0.2, 0.25) is 5.02 Å². The second kappa shape index (κ2) is 5.64. The molecular weight excluding hydrogens is 296 g/mol. The minimum Gasteiger partial charge on any atom is -0.316 e. The van der Waals surface area contributed by atoms with Gasteiger partial charge in [-0.15, -0.1) is 0 Å². The van der Waals surface area contributed by atoms with Gasteiger partial charge in [-0.2, -0.15) is 4.31 Å². The maximum atomic E-state index is 12.8. The molecule has 20 heavy (non-hydrogen) atoms. The summed E-state index contributed by atoms with van der Waals surface area (Å²) in [6, 6.07) is 4.91. The Bertz CT molecular complexity index is 599. The quantitative estimate of drug-likeness (QED) is 0.929. The van der Waals surface area contributed by atoms with Gasteiger partial charge in [0.15, 0.2) is 0 Å². The first-order valence-electron chi connectivity index (χ1n) is 6.75. The summed E-state index contributed by atoms with van der Waals surface area (Å²) in [4.78, 5) is 0.321. The van der Waals surface area contributed by atoms with E-state index in [9.17, 15) is 8.42 Å². The van der Waals surface area contributed by atoms with Crippen molar-refractivity contribution >= 4 is 21.6 Å². The van der Waals surface area contributed by atoms with E-state index in [2.05, 4.69) is 5.32 Å². The van der Waals surface area contributed by atoms with Gasteiger partial charge in [-0.1, -0.05) is 11.6 Å². The Morgan fingerprint density at radius 3 is 2.65 bits per heavy atom. The smallest absolute Gasteiger partial charge is 0.243 e. The van der Waals surface area contributed by atoms with E-state index in [-0.39, 0.29) is 5.54 Å². The van der Waals surface area contributed by atoms with Crippen molar-refractivity contribution in [2.75, 3.05) is 13.6 Å². The standard InChI is InChI=1S/C14H21ClN2O2S/c1-14(2)7-4-8-17(14)20(18,19)12-5-6-13(15)11(9-12)10-16-3/h5-6,9,16H,4,7-8,10H2,1-3H3. The molecule has 2 rings (SSSR count). The van der Waals surface area contributed by atoms with Crippen LogP contribution in [0.4, 0.5) is 0 Å². The highest BCUT2D eigenvalue weighted by Crippen LogP contribution is 2.34. The molecule has 1 fully saturated rings. The molecule has 112 valence electrons. The lowest BCUT2D eigenvalue weighted by molar-refractivity contribution is 0.291. The highest BCUT2D eigenvalue weighted by Gasteiger charge is 2.40. The zero-order chi connectivity index (χ0) is 15.0. The van der Waals surface area contributed by atoms with Crippen molar-refractivity contribution in [2.24, 2.45) is 0 Å². The number of nitrogens with one attached hydrogen (secondary N) is 1. The lowest BCUT2D eigenvalue weighted by Gasteiger charge is -2.30. The van der Waals surface area contributed by atoms with Gasteiger partial charge >= 0.3 is 0 Å². The lowest BCUT2D eigenvalue weighted by Crippen LogP contribution is -2.42. The van der Waals surface area contributed by atoms with Crippen LogP contribution in [0.15, 0.2) is 23.1 Å². The Hall–Kier alpha value is -0.620. The fourth-order valence-corrected chi connectivity index (χ4v) is 4.77. The van der Waals surface area contributed by atoms with Crippen LogP contribution in [0.1, 0.15) is 32.3 Å². The molecule has 0 amide bonds. The number of sulfonamides is 1. The lowest BCUT2D eigenvalue weighted by atomic mass is 10.0. The molecule has 6 heteroatoms. The van der Waals surface area contributed by atoms with Crippen LogP contribution in [0.25, 0.3) is 0 Å². The highest BCUT2D eigenvalue weighted by atomic mass is 35.5. The summed E-state index contributed by atoms with van der Waals surface area (Å²) in [5.41, 5.74) is 0.481. The number of hydrogen-bond acceptors (Lipinski definition) is 3. The average Bonchev–Trinajstić information content (AvgIpc) is 2.72. The third kappa shape index (κ3) is 2.86. The molecule has 0 aliphatic carbocycles. The van der Waals surface area contributed by atoms with Gasteiger partial charge < -0.3 is 5.32 Å². The molecule has 0 unspecified atom stereocenters. The first-order valence-corrected chi connectivity index (χ1v) is 8.57. The van der Waals surface area contributed by atoms with E-state index in [0.29, 0.717) is 23.0 Å². The molecule has 0 atom stereocenters. The SMILES string of the molecule is CNCc1cc(S(=O)(=O)N2CCCC2(C)C)ccc1Cl. The Morgan fingerprint density at radius 1 is 1.40 bits per heavy atom. The summed E-state index contributed by atoms with van der Waals surface area (Å²) < 4.78 is 27.2. The van der Waals surface area contributed by atoms with Crippen molar-refractivity contribution in [3.63, 3.8) is 0 Å². The molecule has 1 aromatic carbocycles. The number of halogens is 1. The van der Waals surface area contributed by atoms with E-state index in [4.69, 9.17) is 11.6 Å². The normalized spacial score (nSPS) is 19.4. The summed E-state index contributed by atoms with van der Waals surface area (Å²) >= 11 is 6.09. The Labute approximate surface area is 126 Å². The summed E-state index contributed by atoms with van der Waals surface area (Å²) in [7, 11) is -1.65. The van der Waals surface area contributed by atoms with Crippen molar-refractivity contribution < 1.29 is 8.42 Å². The van der Waals surface area contributed by atoms with E-state index < -0.39 is 10.0 Å². The molecule has 1 heterocycles. The van der Waals surface area contributed by atoms with Crippen molar-refractivity contribution in [1.82, 2.24) is 9.62 Å². The van der Waals surface area contributed by atoms with Crippen LogP contribution in [0.3, 0.4) is 0 Å². The highest BCUT2D eigenvalue weighted by molar-refractivity contribution is 7.89. The van der Waals surface area contributed by atoms with Crippen LogP contribution in [0.5, 0.6) is 0 Å². The maximum absolute atomic E-state index is 12.8. The van der Waals surface area contributed by atoms with Crippen molar-refractivity contribution in [3.05, 3.63) is 28.8 Å². The van der Waals surface area contributed by atoms with Gasteiger partial charge in [-0.3, -0.25) is 0 Å². The molecule has 0 spiro atoms. The van der Waals surface area contributed by atoms with Crippen molar-refractivity contribution in [2.45, 2.75) is 43.7 Å². The molecular formula is C14H21ClN2O2S. The number of nitrogens with zero attached hydrogens (tertiary/aromatic N) is 1. The van der Waals surface area contributed by atoms with Crippen LogP contribution in [-0.2, 0) is 16.6 Å². The summed E-state index contributed by atoms with van der Waals surface area (Å²) in [5, 5.41) is 3.58. The van der Waals surface area contributed by atoms with Crippen molar-refractivity contribution in [3.8, 4) is 0 Å². The molecule has 1 aromatic rings. The number of benzene rings is 1. The summed E-state index contributed by atoms with van der Waals surface area (Å²) in [5.74, 6) is 0. The Kier molecular flexibility index (Phi) is 4.44. The van der Waals surface area contributed by atoms with Crippen LogP contribution in [0, 0.1) is 0 Å². The van der Waals surface area contributed by atoms with E-state index in [0.717, 1.165) is 18.4 Å². The molecule has 0 saturated carbocycles. The second-order valence-corrected chi connectivity index (χ2v) is 8.05. The first kappa shape index (κ1) is 15.8. The van der Waals surface area contributed by atoms with E-state index in [1.165, 1.54) is 0 Å². The van der Waals surface area contributed by atoms with Gasteiger partial charge in [0.25, 0.3) is 0 Å². The predicted octanol–water partition coefficient (Wildman–Crippen LogP) is 2.62. The maximum Gasteiger partial charge on any atom is 0.243 e. The first-order chi connectivity index (χ1) is 9.29. The average molecular weight is 317 g/mol. The fourth-order valence-electron chi connectivity index (χ4n) is 2.69. The van der Waals surface area contributed by atoms with Gasteiger partial charge in [0.2, 0.25) is 10.0 Å². The molecule has 0 aromatic heterocycles. The Morgan fingerprint density at radius 2 is 2.10 bits per heavy atom.